The minimum Gasteiger partial charge on any atom is -0.211 e. The van der Waals surface area contributed by atoms with Gasteiger partial charge in [0.15, 0.2) is 0 Å². The average Bonchev–Trinajstić information content (AvgIpc) is 2.27. The molecule has 0 saturated heterocycles. The Kier molecular flexibility index (Phi) is 4.79. The normalized spacial score (nSPS) is 12.2. The van der Waals surface area contributed by atoms with E-state index in [1.165, 1.54) is 12.1 Å². The molecule has 1 rings (SSSR count). The van der Waals surface area contributed by atoms with Crippen LogP contribution in [-0.4, -0.2) is 21.1 Å². The lowest BCUT2D eigenvalue weighted by Crippen LogP contribution is -2.28. The van der Waals surface area contributed by atoms with E-state index in [2.05, 4.69) is 0 Å². The SMILES string of the molecule is N#Cc1ccc(Cl)cc1S(=O)(=O)NCCC(F)(F)F. The molecule has 0 bridgehead atoms. The zero-order valence-corrected chi connectivity index (χ0v) is 10.9. The Morgan fingerprint density at radius 1 is 1.37 bits per heavy atom. The standard InChI is InChI=1S/C10H8ClF3N2O2S/c11-8-2-1-7(6-15)9(5-8)19(17,18)16-4-3-10(12,13)14/h1-2,5,16H,3-4H2. The van der Waals surface area contributed by atoms with Crippen LogP contribution in [0, 0.1) is 11.3 Å². The van der Waals surface area contributed by atoms with Crippen molar-refractivity contribution in [1.29, 1.82) is 5.26 Å². The van der Waals surface area contributed by atoms with Gasteiger partial charge in [-0.15, -0.1) is 0 Å². The molecule has 0 aliphatic carbocycles. The van der Waals surface area contributed by atoms with E-state index in [0.29, 0.717) is 0 Å². The molecule has 19 heavy (non-hydrogen) atoms. The third-order valence-corrected chi connectivity index (χ3v) is 3.79. The Hall–Kier alpha value is -1.30. The zero-order chi connectivity index (χ0) is 14.7. The molecule has 0 aliphatic rings. The van der Waals surface area contributed by atoms with Crippen molar-refractivity contribution >= 4 is 21.6 Å². The summed E-state index contributed by atoms with van der Waals surface area (Å²) in [5.41, 5.74) is -0.191. The van der Waals surface area contributed by atoms with Gasteiger partial charge in [0, 0.05) is 11.6 Å². The summed E-state index contributed by atoms with van der Waals surface area (Å²) in [5, 5.41) is 8.83. The van der Waals surface area contributed by atoms with Crippen molar-refractivity contribution in [3.8, 4) is 6.07 Å². The molecule has 0 heterocycles. The largest absolute Gasteiger partial charge is 0.390 e. The Morgan fingerprint density at radius 2 is 2.00 bits per heavy atom. The maximum atomic E-state index is 11.9. The highest BCUT2D eigenvalue weighted by molar-refractivity contribution is 7.89. The Labute approximate surface area is 112 Å². The van der Waals surface area contributed by atoms with Gasteiger partial charge in [0.1, 0.15) is 11.0 Å². The molecule has 0 aliphatic heterocycles. The van der Waals surface area contributed by atoms with E-state index >= 15 is 0 Å². The third-order valence-electron chi connectivity index (χ3n) is 2.05. The fourth-order valence-electron chi connectivity index (χ4n) is 1.22. The van der Waals surface area contributed by atoms with E-state index in [1.54, 1.807) is 10.8 Å². The highest BCUT2D eigenvalue weighted by Gasteiger charge is 2.28. The van der Waals surface area contributed by atoms with Gasteiger partial charge in [-0.1, -0.05) is 11.6 Å². The number of hydrogen-bond donors (Lipinski definition) is 1. The fraction of sp³-hybridized carbons (Fsp3) is 0.300. The van der Waals surface area contributed by atoms with Gasteiger partial charge in [-0.3, -0.25) is 0 Å². The highest BCUT2D eigenvalue weighted by Crippen LogP contribution is 2.21. The molecule has 4 nitrogen and oxygen atoms in total. The summed E-state index contributed by atoms with van der Waals surface area (Å²) >= 11 is 5.60. The molecule has 0 fully saturated rings. The number of nitriles is 1. The van der Waals surface area contributed by atoms with Crippen LogP contribution in [0.25, 0.3) is 0 Å². The van der Waals surface area contributed by atoms with Crippen molar-refractivity contribution in [3.05, 3.63) is 28.8 Å². The zero-order valence-electron chi connectivity index (χ0n) is 9.33. The van der Waals surface area contributed by atoms with Gasteiger partial charge in [-0.05, 0) is 18.2 Å². The number of nitrogens with one attached hydrogen (secondary N) is 1. The second-order valence-corrected chi connectivity index (χ2v) is 5.69. The summed E-state index contributed by atoms with van der Waals surface area (Å²) in [6.45, 7) is -0.802. The first-order valence-corrected chi connectivity index (χ1v) is 6.78. The molecule has 0 saturated carbocycles. The molecular weight excluding hydrogens is 305 g/mol. The maximum absolute atomic E-state index is 11.9. The van der Waals surface area contributed by atoms with Gasteiger partial charge < -0.3 is 0 Å². The van der Waals surface area contributed by atoms with E-state index in [1.807, 2.05) is 0 Å². The van der Waals surface area contributed by atoms with Crippen molar-refractivity contribution in [2.45, 2.75) is 17.5 Å². The van der Waals surface area contributed by atoms with Crippen LogP contribution in [0.1, 0.15) is 12.0 Å². The summed E-state index contributed by atoms with van der Waals surface area (Å²) in [5.74, 6) is 0. The molecule has 1 N–H and O–H groups in total. The summed E-state index contributed by atoms with van der Waals surface area (Å²) < 4.78 is 61.1. The number of hydrogen-bond acceptors (Lipinski definition) is 3. The van der Waals surface area contributed by atoms with E-state index < -0.39 is 34.1 Å². The van der Waals surface area contributed by atoms with Crippen LogP contribution in [-0.2, 0) is 10.0 Å². The molecule has 0 amide bonds. The quantitative estimate of drug-likeness (QED) is 0.928. The summed E-state index contributed by atoms with van der Waals surface area (Å²) in [4.78, 5) is -0.440. The molecule has 0 atom stereocenters. The lowest BCUT2D eigenvalue weighted by Gasteiger charge is -2.10. The molecule has 0 unspecified atom stereocenters. The molecule has 9 heteroatoms. The van der Waals surface area contributed by atoms with Gasteiger partial charge in [0.2, 0.25) is 10.0 Å². The van der Waals surface area contributed by atoms with E-state index in [0.717, 1.165) is 6.07 Å². The van der Waals surface area contributed by atoms with Gasteiger partial charge in [-0.2, -0.15) is 18.4 Å². The molecule has 0 radical (unpaired) electrons. The number of benzene rings is 1. The van der Waals surface area contributed by atoms with Crippen LogP contribution in [0.3, 0.4) is 0 Å². The number of rotatable bonds is 4. The van der Waals surface area contributed by atoms with Crippen LogP contribution in [0.2, 0.25) is 5.02 Å². The van der Waals surface area contributed by atoms with Crippen molar-refractivity contribution in [3.63, 3.8) is 0 Å². The van der Waals surface area contributed by atoms with Gasteiger partial charge in [0.05, 0.1) is 12.0 Å². The first-order valence-electron chi connectivity index (χ1n) is 4.92. The topological polar surface area (TPSA) is 70.0 Å². The molecule has 0 spiro atoms. The van der Waals surface area contributed by atoms with Gasteiger partial charge in [-0.25, -0.2) is 13.1 Å². The first kappa shape index (κ1) is 15.8. The average molecular weight is 313 g/mol. The fourth-order valence-corrected chi connectivity index (χ4v) is 2.66. The molecule has 104 valence electrons. The van der Waals surface area contributed by atoms with Crippen molar-refractivity contribution in [1.82, 2.24) is 4.72 Å². The van der Waals surface area contributed by atoms with Crippen LogP contribution < -0.4 is 4.72 Å². The number of sulfonamides is 1. The highest BCUT2D eigenvalue weighted by atomic mass is 35.5. The van der Waals surface area contributed by atoms with Crippen LogP contribution in [0.5, 0.6) is 0 Å². The maximum Gasteiger partial charge on any atom is 0.390 e. The number of alkyl halides is 3. The molecule has 0 aromatic heterocycles. The number of halogens is 4. The van der Waals surface area contributed by atoms with Gasteiger partial charge in [0.25, 0.3) is 0 Å². The second-order valence-electron chi connectivity index (χ2n) is 3.52. The Balaban J connectivity index is 2.95. The predicted octanol–water partition coefficient (Wildman–Crippen LogP) is 2.44. The van der Waals surface area contributed by atoms with Crippen molar-refractivity contribution in [2.24, 2.45) is 0 Å². The summed E-state index contributed by atoms with van der Waals surface area (Å²) in [7, 11) is -4.20. The van der Waals surface area contributed by atoms with E-state index in [4.69, 9.17) is 16.9 Å². The van der Waals surface area contributed by atoms with E-state index in [-0.39, 0.29) is 10.6 Å². The van der Waals surface area contributed by atoms with Crippen LogP contribution in [0.15, 0.2) is 23.1 Å². The summed E-state index contributed by atoms with van der Waals surface area (Å²) in [6, 6.07) is 5.14. The van der Waals surface area contributed by atoms with Crippen LogP contribution >= 0.6 is 11.6 Å². The number of nitrogens with zero attached hydrogens (tertiary/aromatic N) is 1. The first-order chi connectivity index (χ1) is 8.65. The molecule has 1 aromatic carbocycles. The minimum atomic E-state index is -4.46. The molecular formula is C10H8ClF3N2O2S. The van der Waals surface area contributed by atoms with Crippen molar-refractivity contribution < 1.29 is 21.6 Å². The smallest absolute Gasteiger partial charge is 0.211 e. The Bertz CT molecular complexity index is 608. The predicted molar refractivity (Wildman–Crippen MR) is 62.0 cm³/mol. The molecule has 1 aromatic rings. The lowest BCUT2D eigenvalue weighted by atomic mass is 10.2. The summed E-state index contributed by atoms with van der Waals surface area (Å²) in [6.07, 6.45) is -5.76. The third kappa shape index (κ3) is 4.70. The van der Waals surface area contributed by atoms with Gasteiger partial charge >= 0.3 is 6.18 Å². The Morgan fingerprint density at radius 3 is 2.53 bits per heavy atom. The van der Waals surface area contributed by atoms with Crippen molar-refractivity contribution in [2.75, 3.05) is 6.54 Å². The second kappa shape index (κ2) is 5.77. The minimum absolute atomic E-state index is 0.0650. The lowest BCUT2D eigenvalue weighted by molar-refractivity contribution is -0.132. The monoisotopic (exact) mass is 312 g/mol. The van der Waals surface area contributed by atoms with E-state index in [9.17, 15) is 21.6 Å². The van der Waals surface area contributed by atoms with Crippen LogP contribution in [0.4, 0.5) is 13.2 Å².